The Kier molecular flexibility index (Phi) is 6.09. The number of nitrogens with zero attached hydrogens (tertiary/aromatic N) is 3. The zero-order valence-electron chi connectivity index (χ0n) is 16.0. The number of hydrogen-bond donors (Lipinski definition) is 2. The van der Waals surface area contributed by atoms with Crippen molar-refractivity contribution in [2.75, 3.05) is 56.2 Å². The fraction of sp³-hybridized carbons (Fsp3) is 0.700. The van der Waals surface area contributed by atoms with Crippen LogP contribution >= 0.6 is 0 Å². The summed E-state index contributed by atoms with van der Waals surface area (Å²) in [6.45, 7) is 6.60. The van der Waals surface area contributed by atoms with Crippen molar-refractivity contribution in [3.8, 4) is 0 Å². The lowest BCUT2D eigenvalue weighted by atomic mass is 9.97. The maximum absolute atomic E-state index is 12.6. The maximum Gasteiger partial charge on any atom is 0.319 e. The van der Waals surface area contributed by atoms with Crippen molar-refractivity contribution in [3.05, 3.63) is 18.3 Å². The number of rotatable bonds is 6. The standard InChI is InChI=1S/C20H31N5O2/c26-20(23-17-6-5-8-21-19(17)25-11-3-4-12-25)22-14-18(16-7-13-27-15-16)24-9-1-2-10-24/h5-6,8,16,18H,1-4,7,9-15H2,(H2,22,23,26)/t16-,18-/m0/s1. The Balaban J connectivity index is 1.36. The van der Waals surface area contributed by atoms with E-state index in [0.29, 0.717) is 18.5 Å². The van der Waals surface area contributed by atoms with E-state index >= 15 is 0 Å². The molecule has 4 heterocycles. The third kappa shape index (κ3) is 4.52. The monoisotopic (exact) mass is 373 g/mol. The summed E-state index contributed by atoms with van der Waals surface area (Å²) in [6.07, 6.45) is 7.76. The number of anilines is 2. The molecule has 1 aromatic rings. The number of urea groups is 1. The summed E-state index contributed by atoms with van der Waals surface area (Å²) in [5.41, 5.74) is 0.791. The van der Waals surface area contributed by atoms with Crippen LogP contribution in [0.1, 0.15) is 32.1 Å². The Labute approximate surface area is 161 Å². The number of likely N-dealkylation sites (tertiary alicyclic amines) is 1. The smallest absolute Gasteiger partial charge is 0.319 e. The molecule has 3 aliphatic heterocycles. The van der Waals surface area contributed by atoms with E-state index in [1.807, 2.05) is 12.1 Å². The number of pyridine rings is 1. The van der Waals surface area contributed by atoms with Crippen LogP contribution in [0.3, 0.4) is 0 Å². The molecule has 0 saturated carbocycles. The van der Waals surface area contributed by atoms with E-state index in [9.17, 15) is 4.79 Å². The van der Waals surface area contributed by atoms with Gasteiger partial charge in [-0.2, -0.15) is 0 Å². The third-order valence-electron chi connectivity index (χ3n) is 6.03. The molecule has 0 aliphatic carbocycles. The minimum Gasteiger partial charge on any atom is -0.381 e. The van der Waals surface area contributed by atoms with Gasteiger partial charge in [-0.3, -0.25) is 4.90 Å². The summed E-state index contributed by atoms with van der Waals surface area (Å²) in [7, 11) is 0. The van der Waals surface area contributed by atoms with E-state index in [-0.39, 0.29) is 6.03 Å². The highest BCUT2D eigenvalue weighted by Crippen LogP contribution is 2.26. The number of carbonyl (C=O) groups is 1. The van der Waals surface area contributed by atoms with Crippen molar-refractivity contribution in [1.82, 2.24) is 15.2 Å². The predicted octanol–water partition coefficient (Wildman–Crippen LogP) is 2.30. The van der Waals surface area contributed by atoms with Gasteiger partial charge in [-0.1, -0.05) is 0 Å². The van der Waals surface area contributed by atoms with Crippen LogP contribution in [0.15, 0.2) is 18.3 Å². The zero-order valence-corrected chi connectivity index (χ0v) is 16.0. The van der Waals surface area contributed by atoms with E-state index in [1.54, 1.807) is 6.20 Å². The van der Waals surface area contributed by atoms with Gasteiger partial charge in [-0.15, -0.1) is 0 Å². The van der Waals surface area contributed by atoms with Crippen LogP contribution in [0, 0.1) is 5.92 Å². The Morgan fingerprint density at radius 3 is 2.74 bits per heavy atom. The molecule has 7 heteroatoms. The molecule has 0 bridgehead atoms. The van der Waals surface area contributed by atoms with Crippen LogP contribution in [0.5, 0.6) is 0 Å². The highest BCUT2D eigenvalue weighted by Gasteiger charge is 2.32. The van der Waals surface area contributed by atoms with Gasteiger partial charge in [0.1, 0.15) is 0 Å². The average molecular weight is 374 g/mol. The van der Waals surface area contributed by atoms with Crippen LogP contribution in [0.25, 0.3) is 0 Å². The van der Waals surface area contributed by atoms with Gasteiger partial charge in [0.15, 0.2) is 5.82 Å². The Morgan fingerprint density at radius 2 is 2.00 bits per heavy atom. The normalized spacial score (nSPS) is 24.3. The molecule has 0 unspecified atom stereocenters. The van der Waals surface area contributed by atoms with Crippen molar-refractivity contribution in [3.63, 3.8) is 0 Å². The van der Waals surface area contributed by atoms with E-state index in [2.05, 4.69) is 25.4 Å². The second-order valence-corrected chi connectivity index (χ2v) is 7.84. The van der Waals surface area contributed by atoms with Crippen LogP contribution in [0.2, 0.25) is 0 Å². The van der Waals surface area contributed by atoms with Gasteiger partial charge in [-0.05, 0) is 57.3 Å². The molecular formula is C20H31N5O2. The van der Waals surface area contributed by atoms with Crippen molar-refractivity contribution >= 4 is 17.5 Å². The molecule has 148 valence electrons. The molecule has 0 aromatic carbocycles. The minimum absolute atomic E-state index is 0.147. The highest BCUT2D eigenvalue weighted by atomic mass is 16.5. The fourth-order valence-corrected chi connectivity index (χ4v) is 4.56. The van der Waals surface area contributed by atoms with Crippen LogP contribution in [0.4, 0.5) is 16.3 Å². The quantitative estimate of drug-likeness (QED) is 0.801. The van der Waals surface area contributed by atoms with Crippen LogP contribution < -0.4 is 15.5 Å². The highest BCUT2D eigenvalue weighted by molar-refractivity contribution is 5.92. The van der Waals surface area contributed by atoms with Gasteiger partial charge in [-0.25, -0.2) is 9.78 Å². The Morgan fingerprint density at radius 1 is 1.22 bits per heavy atom. The van der Waals surface area contributed by atoms with Crippen LogP contribution in [-0.2, 0) is 4.74 Å². The van der Waals surface area contributed by atoms with Gasteiger partial charge < -0.3 is 20.3 Å². The largest absolute Gasteiger partial charge is 0.381 e. The topological polar surface area (TPSA) is 69.7 Å². The summed E-state index contributed by atoms with van der Waals surface area (Å²) in [5.74, 6) is 1.40. The molecule has 2 N–H and O–H groups in total. The molecule has 4 rings (SSSR count). The van der Waals surface area contributed by atoms with Crippen molar-refractivity contribution in [2.24, 2.45) is 5.92 Å². The number of aromatic nitrogens is 1. The van der Waals surface area contributed by atoms with Gasteiger partial charge >= 0.3 is 6.03 Å². The van der Waals surface area contributed by atoms with E-state index in [0.717, 1.165) is 57.3 Å². The average Bonchev–Trinajstić information content (AvgIpc) is 3.45. The molecule has 0 radical (unpaired) electrons. The number of ether oxygens (including phenoxy) is 1. The lowest BCUT2D eigenvalue weighted by molar-refractivity contribution is 0.135. The number of amides is 2. The van der Waals surface area contributed by atoms with Gasteiger partial charge in [0, 0.05) is 44.4 Å². The molecule has 0 spiro atoms. The summed E-state index contributed by atoms with van der Waals surface area (Å²) in [6, 6.07) is 4.03. The second-order valence-electron chi connectivity index (χ2n) is 7.84. The number of nitrogens with one attached hydrogen (secondary N) is 2. The summed E-state index contributed by atoms with van der Waals surface area (Å²) >= 11 is 0. The Bertz CT molecular complexity index is 607. The number of hydrogen-bond acceptors (Lipinski definition) is 5. The van der Waals surface area contributed by atoms with Gasteiger partial charge in [0.25, 0.3) is 0 Å². The molecule has 1 aromatic heterocycles. The van der Waals surface area contributed by atoms with Gasteiger partial charge in [0.2, 0.25) is 0 Å². The minimum atomic E-state index is -0.147. The molecule has 2 amide bonds. The van der Waals surface area contributed by atoms with Crippen molar-refractivity contribution in [2.45, 2.75) is 38.1 Å². The van der Waals surface area contributed by atoms with E-state index in [4.69, 9.17) is 4.74 Å². The second kappa shape index (κ2) is 8.89. The molecule has 3 fully saturated rings. The predicted molar refractivity (Wildman–Crippen MR) is 106 cm³/mol. The number of carbonyl (C=O) groups excluding carboxylic acids is 1. The van der Waals surface area contributed by atoms with Crippen LogP contribution in [-0.4, -0.2) is 67.9 Å². The summed E-state index contributed by atoms with van der Waals surface area (Å²) in [4.78, 5) is 21.9. The molecular weight excluding hydrogens is 342 g/mol. The first-order valence-electron chi connectivity index (χ1n) is 10.4. The zero-order chi connectivity index (χ0) is 18.5. The molecule has 3 aliphatic rings. The third-order valence-corrected chi connectivity index (χ3v) is 6.03. The molecule has 2 atom stereocenters. The van der Waals surface area contributed by atoms with Gasteiger partial charge in [0.05, 0.1) is 12.3 Å². The fourth-order valence-electron chi connectivity index (χ4n) is 4.56. The van der Waals surface area contributed by atoms with E-state index < -0.39 is 0 Å². The first-order valence-corrected chi connectivity index (χ1v) is 10.4. The van der Waals surface area contributed by atoms with Crippen molar-refractivity contribution in [1.29, 1.82) is 0 Å². The summed E-state index contributed by atoms with van der Waals surface area (Å²) < 4.78 is 5.60. The first-order chi connectivity index (χ1) is 13.3. The summed E-state index contributed by atoms with van der Waals surface area (Å²) in [5, 5.41) is 6.13. The maximum atomic E-state index is 12.6. The lowest BCUT2D eigenvalue weighted by Crippen LogP contribution is -2.48. The SMILES string of the molecule is O=C(NC[C@@H]([C@H]1CCOC1)N1CCCC1)Nc1cccnc1N1CCCC1. The first kappa shape index (κ1) is 18.5. The lowest BCUT2D eigenvalue weighted by Gasteiger charge is -2.32. The molecule has 7 nitrogen and oxygen atoms in total. The van der Waals surface area contributed by atoms with Crippen molar-refractivity contribution < 1.29 is 9.53 Å². The molecule has 3 saturated heterocycles. The van der Waals surface area contributed by atoms with E-state index in [1.165, 1.54) is 25.7 Å². The Hall–Kier alpha value is -1.86. The molecule has 27 heavy (non-hydrogen) atoms.